The van der Waals surface area contributed by atoms with Crippen molar-refractivity contribution in [1.29, 1.82) is 0 Å². The summed E-state index contributed by atoms with van der Waals surface area (Å²) in [6.45, 7) is 0. The summed E-state index contributed by atoms with van der Waals surface area (Å²) in [4.78, 5) is 14.3. The zero-order chi connectivity index (χ0) is 17.9. The van der Waals surface area contributed by atoms with E-state index in [0.717, 1.165) is 17.7 Å². The molecule has 4 nitrogen and oxygen atoms in total. The van der Waals surface area contributed by atoms with Gasteiger partial charge in [0.2, 0.25) is 5.91 Å². The van der Waals surface area contributed by atoms with Crippen molar-refractivity contribution in [1.82, 2.24) is 0 Å². The van der Waals surface area contributed by atoms with E-state index < -0.39 is 20.5 Å². The second-order valence-electron chi connectivity index (χ2n) is 6.20. The summed E-state index contributed by atoms with van der Waals surface area (Å²) >= 11 is 1.61. The Hall–Kier alpha value is -1.79. The lowest BCUT2D eigenvalue weighted by atomic mass is 10.1. The minimum Gasteiger partial charge on any atom is -0.325 e. The van der Waals surface area contributed by atoms with Crippen molar-refractivity contribution < 1.29 is 13.2 Å². The molecule has 2 aromatic rings. The molecule has 1 amide bonds. The molecule has 0 aromatic heterocycles. The molecule has 3 rings (SSSR count). The van der Waals surface area contributed by atoms with E-state index in [-0.39, 0.29) is 4.90 Å². The number of anilines is 1. The van der Waals surface area contributed by atoms with E-state index in [0.29, 0.717) is 18.5 Å². The van der Waals surface area contributed by atoms with E-state index in [1.54, 1.807) is 42.1 Å². The van der Waals surface area contributed by atoms with Gasteiger partial charge in [0.05, 0.1) is 4.90 Å². The summed E-state index contributed by atoms with van der Waals surface area (Å²) < 4.78 is 25.1. The maximum atomic E-state index is 13.2. The lowest BCUT2D eigenvalue weighted by Crippen LogP contribution is -2.47. The molecule has 0 unspecified atom stereocenters. The van der Waals surface area contributed by atoms with Crippen molar-refractivity contribution in [3.8, 4) is 0 Å². The van der Waals surface area contributed by atoms with Crippen molar-refractivity contribution in [2.24, 2.45) is 0 Å². The van der Waals surface area contributed by atoms with E-state index in [1.165, 1.54) is 0 Å². The van der Waals surface area contributed by atoms with Gasteiger partial charge in [0, 0.05) is 10.6 Å². The summed E-state index contributed by atoms with van der Waals surface area (Å²) in [5.41, 5.74) is 0.623. The first-order valence-corrected chi connectivity index (χ1v) is 11.0. The highest BCUT2D eigenvalue weighted by Crippen LogP contribution is 2.41. The van der Waals surface area contributed by atoms with Crippen molar-refractivity contribution in [3.05, 3.63) is 54.6 Å². The smallest absolute Gasteiger partial charge is 0.246 e. The van der Waals surface area contributed by atoms with Gasteiger partial charge in [0.1, 0.15) is 0 Å². The van der Waals surface area contributed by atoms with Crippen LogP contribution < -0.4 is 5.32 Å². The van der Waals surface area contributed by atoms with Gasteiger partial charge in [0.15, 0.2) is 14.6 Å². The third-order valence-electron chi connectivity index (χ3n) is 4.74. The molecule has 1 saturated carbocycles. The van der Waals surface area contributed by atoms with Crippen molar-refractivity contribution in [3.63, 3.8) is 0 Å². The Morgan fingerprint density at radius 2 is 1.60 bits per heavy atom. The monoisotopic (exact) mass is 375 g/mol. The number of carbonyl (C=O) groups excluding carboxylic acids is 1. The van der Waals surface area contributed by atoms with Crippen molar-refractivity contribution in [2.75, 3.05) is 11.6 Å². The summed E-state index contributed by atoms with van der Waals surface area (Å²) in [7, 11) is -3.75. The van der Waals surface area contributed by atoms with E-state index in [4.69, 9.17) is 0 Å². The molecule has 0 saturated heterocycles. The normalized spacial score (nSPS) is 16.5. The maximum absolute atomic E-state index is 13.2. The molecule has 0 heterocycles. The highest BCUT2D eigenvalue weighted by molar-refractivity contribution is 7.98. The van der Waals surface area contributed by atoms with Crippen LogP contribution in [-0.2, 0) is 14.6 Å². The Bertz CT molecular complexity index is 840. The average Bonchev–Trinajstić information content (AvgIpc) is 3.15. The number of nitrogens with one attached hydrogen (secondary N) is 1. The number of hydrogen-bond acceptors (Lipinski definition) is 4. The molecule has 1 fully saturated rings. The summed E-state index contributed by atoms with van der Waals surface area (Å²) in [5.74, 6) is -0.425. The van der Waals surface area contributed by atoms with Crippen LogP contribution in [0.15, 0.2) is 64.4 Å². The largest absolute Gasteiger partial charge is 0.325 e. The molecule has 25 heavy (non-hydrogen) atoms. The van der Waals surface area contributed by atoms with Crippen molar-refractivity contribution >= 4 is 33.2 Å². The maximum Gasteiger partial charge on any atom is 0.246 e. The van der Waals surface area contributed by atoms with Gasteiger partial charge in [-0.15, -0.1) is 11.8 Å². The number of benzene rings is 2. The summed E-state index contributed by atoms with van der Waals surface area (Å²) in [6, 6.07) is 15.7. The molecule has 1 N–H and O–H groups in total. The Balaban J connectivity index is 1.93. The first kappa shape index (κ1) is 18.0. The van der Waals surface area contributed by atoms with Gasteiger partial charge < -0.3 is 5.32 Å². The Kier molecular flexibility index (Phi) is 5.20. The highest BCUT2D eigenvalue weighted by Gasteiger charge is 2.52. The van der Waals surface area contributed by atoms with Crippen LogP contribution in [0.1, 0.15) is 25.7 Å². The molecule has 2 aromatic carbocycles. The fourth-order valence-electron chi connectivity index (χ4n) is 3.31. The number of amides is 1. The third kappa shape index (κ3) is 3.33. The molecule has 1 aliphatic carbocycles. The second kappa shape index (κ2) is 7.22. The topological polar surface area (TPSA) is 63.2 Å². The number of carbonyl (C=O) groups is 1. The first-order valence-electron chi connectivity index (χ1n) is 8.25. The molecule has 0 bridgehead atoms. The molecule has 0 atom stereocenters. The van der Waals surface area contributed by atoms with Crippen LogP contribution in [0.4, 0.5) is 5.69 Å². The highest BCUT2D eigenvalue weighted by atomic mass is 32.2. The Morgan fingerprint density at radius 3 is 2.16 bits per heavy atom. The summed E-state index contributed by atoms with van der Waals surface area (Å²) in [6.07, 6.45) is 4.18. The van der Waals surface area contributed by atoms with Gasteiger partial charge in [-0.25, -0.2) is 8.42 Å². The molecule has 1 aliphatic rings. The first-order chi connectivity index (χ1) is 12.0. The van der Waals surface area contributed by atoms with E-state index in [2.05, 4.69) is 5.32 Å². The van der Waals surface area contributed by atoms with Crippen LogP contribution in [0.3, 0.4) is 0 Å². The van der Waals surface area contributed by atoms with E-state index in [1.807, 2.05) is 30.5 Å². The standard InChI is InChI=1S/C19H21NO3S2/c1-24-16-11-9-15(10-12-16)20-18(21)19(13-5-6-14-19)25(22,23)17-7-3-2-4-8-17/h2-4,7-12H,5-6,13-14H2,1H3,(H,20,21). The lowest BCUT2D eigenvalue weighted by molar-refractivity contribution is -0.118. The van der Waals surface area contributed by atoms with Gasteiger partial charge in [-0.2, -0.15) is 0 Å². The Labute approximate surface area is 152 Å². The van der Waals surface area contributed by atoms with E-state index in [9.17, 15) is 13.2 Å². The van der Waals surface area contributed by atoms with Crippen LogP contribution >= 0.6 is 11.8 Å². The minimum absolute atomic E-state index is 0.213. The predicted molar refractivity (Wildman–Crippen MR) is 102 cm³/mol. The quantitative estimate of drug-likeness (QED) is 0.798. The number of hydrogen-bond donors (Lipinski definition) is 1. The molecule has 6 heteroatoms. The predicted octanol–water partition coefficient (Wildman–Crippen LogP) is 4.13. The second-order valence-corrected chi connectivity index (χ2v) is 9.34. The van der Waals surface area contributed by atoms with Crippen LogP contribution in [0.5, 0.6) is 0 Å². The Morgan fingerprint density at radius 1 is 1.00 bits per heavy atom. The fourth-order valence-corrected chi connectivity index (χ4v) is 5.80. The number of sulfone groups is 1. The van der Waals surface area contributed by atoms with Crippen LogP contribution in [-0.4, -0.2) is 25.3 Å². The molecule has 0 spiro atoms. The zero-order valence-corrected chi connectivity index (χ0v) is 15.7. The molecular formula is C19H21NO3S2. The number of rotatable bonds is 5. The van der Waals surface area contributed by atoms with Crippen molar-refractivity contribution in [2.45, 2.75) is 40.2 Å². The molecule has 132 valence electrons. The van der Waals surface area contributed by atoms with Crippen LogP contribution in [0.25, 0.3) is 0 Å². The minimum atomic E-state index is -3.75. The molecule has 0 aliphatic heterocycles. The molecule has 0 radical (unpaired) electrons. The average molecular weight is 376 g/mol. The van der Waals surface area contributed by atoms with Gasteiger partial charge in [-0.05, 0) is 55.5 Å². The number of thioether (sulfide) groups is 1. The van der Waals surface area contributed by atoms with Gasteiger partial charge >= 0.3 is 0 Å². The lowest BCUT2D eigenvalue weighted by Gasteiger charge is -2.27. The zero-order valence-electron chi connectivity index (χ0n) is 14.1. The third-order valence-corrected chi connectivity index (χ3v) is 8.00. The molecular weight excluding hydrogens is 354 g/mol. The summed E-state index contributed by atoms with van der Waals surface area (Å²) in [5, 5.41) is 2.82. The van der Waals surface area contributed by atoms with Crippen LogP contribution in [0.2, 0.25) is 0 Å². The van der Waals surface area contributed by atoms with Crippen LogP contribution in [0, 0.1) is 0 Å². The van der Waals surface area contributed by atoms with Gasteiger partial charge in [-0.1, -0.05) is 31.0 Å². The SMILES string of the molecule is CSc1ccc(NC(=O)C2(S(=O)(=O)c3ccccc3)CCCC2)cc1. The van der Waals surface area contributed by atoms with E-state index >= 15 is 0 Å². The fraction of sp³-hybridized carbons (Fsp3) is 0.316. The van der Waals surface area contributed by atoms with Gasteiger partial charge in [0.25, 0.3) is 0 Å². The van der Waals surface area contributed by atoms with Gasteiger partial charge in [-0.3, -0.25) is 4.79 Å².